The van der Waals surface area contributed by atoms with Crippen LogP contribution in [0.15, 0.2) is 42.5 Å². The van der Waals surface area contributed by atoms with Crippen molar-refractivity contribution in [3.8, 4) is 0 Å². The fraction of sp³-hybridized carbons (Fsp3) is 0. The highest BCUT2D eigenvalue weighted by Gasteiger charge is 1.66. The molecule has 0 nitrogen and oxygen atoms in total. The Balaban J connectivity index is 2.67. The zero-order valence-electron chi connectivity index (χ0n) is 4.54. The lowest BCUT2D eigenvalue weighted by Crippen LogP contribution is -1.56. The third-order valence-corrected chi connectivity index (χ3v) is 0.829. The van der Waals surface area contributed by atoms with Crippen LogP contribution in [0.1, 0.15) is 0 Å². The molecule has 0 heteroatoms. The molecule has 0 spiro atoms. The third-order valence-electron chi connectivity index (χ3n) is 0.829. The van der Waals surface area contributed by atoms with Crippen molar-refractivity contribution in [2.24, 2.45) is 0 Å². The quantitative estimate of drug-likeness (QED) is 0.440. The van der Waals surface area contributed by atoms with Crippen LogP contribution >= 0.6 is 0 Å². The van der Waals surface area contributed by atoms with Crippen molar-refractivity contribution in [1.82, 2.24) is 0 Å². The van der Waals surface area contributed by atoms with Crippen molar-refractivity contribution in [3.63, 3.8) is 0 Å². The van der Waals surface area contributed by atoms with Gasteiger partial charge >= 0.3 is 0 Å². The monoisotopic (exact) mass is 103 g/mol. The van der Waals surface area contributed by atoms with Crippen LogP contribution in [-0.2, 0) is 0 Å². The third kappa shape index (κ3) is 1.61. The van der Waals surface area contributed by atoms with E-state index in [9.17, 15) is 0 Å². The zero-order chi connectivity index (χ0) is 5.66. The Hall–Kier alpha value is -1.04. The van der Waals surface area contributed by atoms with Crippen molar-refractivity contribution in [3.05, 3.63) is 48.6 Å². The summed E-state index contributed by atoms with van der Waals surface area (Å²) in [5, 5.41) is 0. The van der Waals surface area contributed by atoms with E-state index in [-0.39, 0.29) is 0 Å². The first-order chi connectivity index (χ1) is 4.00. The van der Waals surface area contributed by atoms with Crippen LogP contribution in [0.3, 0.4) is 0 Å². The Morgan fingerprint density at radius 3 is 2.50 bits per heavy atom. The van der Waals surface area contributed by atoms with Crippen LogP contribution < -0.4 is 0 Å². The van der Waals surface area contributed by atoms with Crippen LogP contribution in [0, 0.1) is 6.08 Å². The average molecular weight is 103 g/mol. The summed E-state index contributed by atoms with van der Waals surface area (Å²) in [7, 11) is 0. The summed E-state index contributed by atoms with van der Waals surface area (Å²) in [5.74, 6) is 0. The molecule has 0 unspecified atom stereocenters. The van der Waals surface area contributed by atoms with Crippen LogP contribution in [0.4, 0.5) is 0 Å². The average Bonchev–Trinajstić information content (AvgIpc) is 1.62. The lowest BCUT2D eigenvalue weighted by atomic mass is 10.3. The van der Waals surface area contributed by atoms with E-state index in [0.29, 0.717) is 0 Å². The van der Waals surface area contributed by atoms with E-state index in [0.717, 1.165) is 0 Å². The highest BCUT2D eigenvalue weighted by atomic mass is 13.7. The molecule has 1 aliphatic rings. The summed E-state index contributed by atoms with van der Waals surface area (Å²) in [4.78, 5) is 0. The van der Waals surface area contributed by atoms with Crippen molar-refractivity contribution in [1.29, 1.82) is 0 Å². The molecule has 0 saturated heterocycles. The van der Waals surface area contributed by atoms with Gasteiger partial charge in [0.2, 0.25) is 0 Å². The van der Waals surface area contributed by atoms with Gasteiger partial charge in [0.15, 0.2) is 0 Å². The largest absolute Gasteiger partial charge is 0.0623 e. The zero-order valence-corrected chi connectivity index (χ0v) is 4.54. The second-order valence-corrected chi connectivity index (χ2v) is 1.46. The normalized spacial score (nSPS) is 16.0. The smallest absolute Gasteiger partial charge is 0.0184 e. The number of hydrogen-bond donors (Lipinski definition) is 0. The SMILES string of the molecule is [C]1=CC=CC=CC=C1. The van der Waals surface area contributed by atoms with Crippen LogP contribution in [0.2, 0.25) is 0 Å². The van der Waals surface area contributed by atoms with Gasteiger partial charge in [0.05, 0.1) is 0 Å². The molecule has 1 radical (unpaired) electrons. The maximum Gasteiger partial charge on any atom is -0.0184 e. The molecule has 0 aromatic heterocycles. The van der Waals surface area contributed by atoms with E-state index in [2.05, 4.69) is 6.08 Å². The minimum absolute atomic E-state index is 1.88. The molecule has 0 amide bonds. The predicted molar refractivity (Wildman–Crippen MR) is 35.2 cm³/mol. The molecule has 0 aromatic rings. The van der Waals surface area contributed by atoms with Gasteiger partial charge in [0.25, 0.3) is 0 Å². The molecule has 0 heterocycles. The Morgan fingerprint density at radius 1 is 0.750 bits per heavy atom. The molecule has 0 bridgehead atoms. The standard InChI is InChI=1S/C8H7/c1-2-4-6-8-7-5-3-1/h1-7H. The molecule has 1 aliphatic carbocycles. The summed E-state index contributed by atoms with van der Waals surface area (Å²) in [5.41, 5.74) is 0. The highest BCUT2D eigenvalue weighted by molar-refractivity contribution is 5.20. The van der Waals surface area contributed by atoms with Crippen molar-refractivity contribution >= 4 is 0 Å². The second kappa shape index (κ2) is 3.03. The van der Waals surface area contributed by atoms with Gasteiger partial charge in [-0.05, 0) is 6.08 Å². The van der Waals surface area contributed by atoms with E-state index >= 15 is 0 Å². The van der Waals surface area contributed by atoms with Crippen LogP contribution in [0.25, 0.3) is 0 Å². The fourth-order valence-electron chi connectivity index (χ4n) is 0.470. The Kier molecular flexibility index (Phi) is 1.93. The Bertz CT molecular complexity index is 101. The van der Waals surface area contributed by atoms with Crippen molar-refractivity contribution in [2.45, 2.75) is 0 Å². The van der Waals surface area contributed by atoms with E-state index < -0.39 is 0 Å². The van der Waals surface area contributed by atoms with Gasteiger partial charge in [-0.2, -0.15) is 0 Å². The number of rotatable bonds is 0. The fourth-order valence-corrected chi connectivity index (χ4v) is 0.470. The molecule has 0 saturated carbocycles. The Labute approximate surface area is 49.5 Å². The number of hydrogen-bond acceptors (Lipinski definition) is 0. The summed E-state index contributed by atoms with van der Waals surface area (Å²) in [6.45, 7) is 0. The van der Waals surface area contributed by atoms with Gasteiger partial charge in [-0.3, -0.25) is 0 Å². The summed E-state index contributed by atoms with van der Waals surface area (Å²) in [6, 6.07) is 0. The predicted octanol–water partition coefficient (Wildman–Crippen LogP) is 2.03. The maximum atomic E-state index is 2.94. The maximum absolute atomic E-state index is 2.94. The topological polar surface area (TPSA) is 0 Å². The van der Waals surface area contributed by atoms with Crippen LogP contribution in [0.5, 0.6) is 0 Å². The van der Waals surface area contributed by atoms with Gasteiger partial charge in [-0.25, -0.2) is 0 Å². The first kappa shape index (κ1) is 5.10. The molecule has 39 valence electrons. The lowest BCUT2D eigenvalue weighted by molar-refractivity contribution is 1.76. The lowest BCUT2D eigenvalue weighted by Gasteiger charge is -1.76. The molecule has 0 fully saturated rings. The molecular weight excluding hydrogens is 96.1 g/mol. The summed E-state index contributed by atoms with van der Waals surface area (Å²) in [6.07, 6.45) is 16.5. The van der Waals surface area contributed by atoms with E-state index in [4.69, 9.17) is 0 Å². The molecule has 0 aromatic carbocycles. The van der Waals surface area contributed by atoms with E-state index in [1.54, 1.807) is 0 Å². The first-order valence-corrected chi connectivity index (χ1v) is 2.58. The van der Waals surface area contributed by atoms with Gasteiger partial charge in [-0.15, -0.1) is 0 Å². The molecule has 0 N–H and O–H groups in total. The van der Waals surface area contributed by atoms with E-state index in [1.165, 1.54) is 0 Å². The molecular formula is C8H7. The second-order valence-electron chi connectivity index (χ2n) is 1.46. The van der Waals surface area contributed by atoms with Crippen molar-refractivity contribution in [2.75, 3.05) is 0 Å². The molecule has 0 atom stereocenters. The minimum atomic E-state index is 1.88. The molecule has 0 aliphatic heterocycles. The molecule has 8 heavy (non-hydrogen) atoms. The minimum Gasteiger partial charge on any atom is -0.0623 e. The van der Waals surface area contributed by atoms with Gasteiger partial charge in [0, 0.05) is 0 Å². The van der Waals surface area contributed by atoms with E-state index in [1.807, 2.05) is 42.5 Å². The highest BCUT2D eigenvalue weighted by Crippen LogP contribution is 1.86. The Morgan fingerprint density at radius 2 is 1.50 bits per heavy atom. The first-order valence-electron chi connectivity index (χ1n) is 2.58. The van der Waals surface area contributed by atoms with Gasteiger partial charge < -0.3 is 0 Å². The van der Waals surface area contributed by atoms with Crippen molar-refractivity contribution < 1.29 is 0 Å². The molecule has 1 rings (SSSR count). The number of allylic oxidation sites excluding steroid dienone is 8. The van der Waals surface area contributed by atoms with Gasteiger partial charge in [0.1, 0.15) is 0 Å². The summed E-state index contributed by atoms with van der Waals surface area (Å²) >= 11 is 0. The van der Waals surface area contributed by atoms with Crippen LogP contribution in [-0.4, -0.2) is 0 Å². The van der Waals surface area contributed by atoms with Gasteiger partial charge in [-0.1, -0.05) is 42.5 Å². The summed E-state index contributed by atoms with van der Waals surface area (Å²) < 4.78 is 0.